The largest absolute Gasteiger partial charge is 0.465 e. The molecule has 0 saturated heterocycles. The van der Waals surface area contributed by atoms with Crippen LogP contribution >= 0.6 is 0 Å². The molecule has 1 heterocycles. The summed E-state index contributed by atoms with van der Waals surface area (Å²) in [5.74, 6) is 0.162. The van der Waals surface area contributed by atoms with Gasteiger partial charge in [-0.15, -0.1) is 0 Å². The van der Waals surface area contributed by atoms with Crippen LogP contribution in [0.5, 0.6) is 0 Å². The number of aromatic nitrogens is 1. The highest BCUT2D eigenvalue weighted by Crippen LogP contribution is 2.27. The summed E-state index contributed by atoms with van der Waals surface area (Å²) in [6.45, 7) is 0. The van der Waals surface area contributed by atoms with Crippen molar-refractivity contribution < 1.29 is 14.1 Å². The molecule has 0 aromatic carbocycles. The van der Waals surface area contributed by atoms with Crippen molar-refractivity contribution in [3.05, 3.63) is 23.9 Å². The number of ether oxygens (including phenoxy) is 1. The molecule has 0 fully saturated rings. The van der Waals surface area contributed by atoms with Gasteiger partial charge in [-0.1, -0.05) is 0 Å². The Bertz CT molecular complexity index is 374. The van der Waals surface area contributed by atoms with Crippen molar-refractivity contribution in [2.45, 2.75) is 0 Å². The average Bonchev–Trinajstić information content (AvgIpc) is 2.62. The van der Waals surface area contributed by atoms with Crippen molar-refractivity contribution in [3.63, 3.8) is 0 Å². The summed E-state index contributed by atoms with van der Waals surface area (Å²) in [5.41, 5.74) is 1.32. The predicted octanol–water partition coefficient (Wildman–Crippen LogP) is 1.50. The number of methoxy groups -OCH3 is 1. The van der Waals surface area contributed by atoms with Crippen molar-refractivity contribution in [2.75, 3.05) is 7.11 Å². The Balaban J connectivity index is 2.50. The van der Waals surface area contributed by atoms with Gasteiger partial charge < -0.3 is 9.26 Å². The molecule has 0 unspecified atom stereocenters. The fraction of sp³-hybridized carbons (Fsp3) is 0.125. The molecule has 0 aromatic rings. The minimum absolute atomic E-state index is 0.381. The summed E-state index contributed by atoms with van der Waals surface area (Å²) in [4.78, 5) is 11.1. The number of hydrogen-bond donors (Lipinski definition) is 1. The van der Waals surface area contributed by atoms with Crippen LogP contribution in [-0.2, 0) is 4.74 Å². The summed E-state index contributed by atoms with van der Waals surface area (Å²) >= 11 is 0. The van der Waals surface area contributed by atoms with Crippen LogP contribution in [-0.4, -0.2) is 18.2 Å². The molecule has 0 bridgehead atoms. The van der Waals surface area contributed by atoms with Gasteiger partial charge in [0.05, 0.1) is 7.11 Å². The van der Waals surface area contributed by atoms with Gasteiger partial charge >= 0.3 is 5.97 Å². The lowest BCUT2D eigenvalue weighted by atomic mass is 10.2. The van der Waals surface area contributed by atoms with E-state index in [4.69, 9.17) is 4.52 Å². The molecule has 0 spiro atoms. The van der Waals surface area contributed by atoms with Gasteiger partial charge in [0, 0.05) is 11.8 Å². The van der Waals surface area contributed by atoms with Crippen LogP contribution in [0.1, 0.15) is 10.4 Å². The summed E-state index contributed by atoms with van der Waals surface area (Å²) in [6, 6.07) is 3.47. The van der Waals surface area contributed by atoms with Crippen molar-refractivity contribution in [1.82, 2.24) is 5.16 Å². The van der Waals surface area contributed by atoms with Crippen LogP contribution in [0.15, 0.2) is 22.9 Å². The van der Waals surface area contributed by atoms with E-state index in [9.17, 15) is 4.79 Å². The highest BCUT2D eigenvalue weighted by atomic mass is 16.5. The van der Waals surface area contributed by atoms with Crippen LogP contribution < -0.4 is 0 Å². The van der Waals surface area contributed by atoms with Crippen molar-refractivity contribution in [2.24, 2.45) is 0 Å². The van der Waals surface area contributed by atoms with Gasteiger partial charge in [0.25, 0.3) is 0 Å². The molecule has 2 rings (SSSR count). The van der Waals surface area contributed by atoms with Crippen LogP contribution in [0.3, 0.4) is 0 Å². The van der Waals surface area contributed by atoms with Crippen LogP contribution in [0.25, 0.3) is 11.3 Å². The van der Waals surface area contributed by atoms with Gasteiger partial charge in [0.1, 0.15) is 5.56 Å². The lowest BCUT2D eigenvalue weighted by Crippen LogP contribution is -1.99. The molecule has 4 nitrogen and oxygen atoms in total. The Morgan fingerprint density at radius 3 is 3.17 bits per heavy atom. The first kappa shape index (κ1) is 6.97. The third kappa shape index (κ3) is 0.812. The number of H-pyrrole nitrogens is 1. The Kier molecular flexibility index (Phi) is 1.40. The maximum atomic E-state index is 11.1. The Morgan fingerprint density at radius 2 is 2.42 bits per heavy atom. The highest BCUT2D eigenvalue weighted by Gasteiger charge is 2.19. The first-order chi connectivity index (χ1) is 5.83. The molecule has 0 radical (unpaired) electrons. The maximum Gasteiger partial charge on any atom is 0.341 e. The second-order valence-corrected chi connectivity index (χ2v) is 2.39. The van der Waals surface area contributed by atoms with Crippen molar-refractivity contribution in [1.29, 1.82) is 0 Å². The van der Waals surface area contributed by atoms with Gasteiger partial charge in [0.2, 0.25) is 0 Å². The van der Waals surface area contributed by atoms with E-state index < -0.39 is 0 Å². The van der Waals surface area contributed by atoms with E-state index in [0.29, 0.717) is 11.3 Å². The van der Waals surface area contributed by atoms with Gasteiger partial charge in [-0.25, -0.2) is 9.95 Å². The number of nitrogens with one attached hydrogen (secondary N) is 1. The van der Waals surface area contributed by atoms with E-state index in [1.54, 1.807) is 18.3 Å². The smallest absolute Gasteiger partial charge is 0.341 e. The molecule has 4 heteroatoms. The van der Waals surface area contributed by atoms with Gasteiger partial charge in [-0.2, -0.15) is 0 Å². The summed E-state index contributed by atoms with van der Waals surface area (Å²) in [6.07, 6.45) is 1.68. The standard InChI is InChI=1S/C8H7NO3/c1-11-8(10)6-3-2-5-4-9-12-7(5)6/h2-4,9H,1H3. The number of hydrogen-bond acceptors (Lipinski definition) is 3. The lowest BCUT2D eigenvalue weighted by Gasteiger charge is -1.94. The quantitative estimate of drug-likeness (QED) is 0.651. The minimum Gasteiger partial charge on any atom is -0.465 e. The van der Waals surface area contributed by atoms with E-state index in [1.807, 2.05) is 0 Å². The molecular weight excluding hydrogens is 158 g/mol. The van der Waals surface area contributed by atoms with E-state index in [-0.39, 0.29) is 5.97 Å². The molecule has 1 aliphatic carbocycles. The Hall–Kier alpha value is -1.71. The van der Waals surface area contributed by atoms with E-state index in [2.05, 4.69) is 9.89 Å². The highest BCUT2D eigenvalue weighted by molar-refractivity contribution is 5.97. The number of carbonyl (C=O) groups excluding carboxylic acids is 1. The van der Waals surface area contributed by atoms with E-state index >= 15 is 0 Å². The zero-order chi connectivity index (χ0) is 8.55. The minimum atomic E-state index is -0.381. The topological polar surface area (TPSA) is 55.2 Å². The number of aromatic amines is 1. The van der Waals surface area contributed by atoms with Gasteiger partial charge in [-0.05, 0) is 12.1 Å². The SMILES string of the molecule is COC(=O)c1ccc2c[nH]oc1-2. The number of rotatable bonds is 1. The predicted molar refractivity (Wildman–Crippen MR) is 41.0 cm³/mol. The van der Waals surface area contributed by atoms with Crippen LogP contribution in [0.2, 0.25) is 0 Å². The van der Waals surface area contributed by atoms with E-state index in [0.717, 1.165) is 5.56 Å². The van der Waals surface area contributed by atoms with Crippen LogP contribution in [0.4, 0.5) is 0 Å². The number of esters is 1. The first-order valence-corrected chi connectivity index (χ1v) is 3.46. The lowest BCUT2D eigenvalue weighted by molar-refractivity contribution is 0.0600. The molecular formula is C8H7NO3. The molecule has 0 atom stereocenters. The molecule has 12 heavy (non-hydrogen) atoms. The summed E-state index contributed by atoms with van der Waals surface area (Å²) in [5, 5.41) is 2.55. The maximum absolute atomic E-state index is 11.1. The molecule has 0 aromatic heterocycles. The van der Waals surface area contributed by atoms with Gasteiger partial charge in [0.15, 0.2) is 5.76 Å². The fourth-order valence-electron chi connectivity index (χ4n) is 1.13. The normalized spacial score (nSPS) is 10.4. The molecule has 2 aliphatic rings. The monoisotopic (exact) mass is 165 g/mol. The third-order valence-electron chi connectivity index (χ3n) is 1.72. The van der Waals surface area contributed by atoms with Crippen molar-refractivity contribution >= 4 is 5.97 Å². The average molecular weight is 165 g/mol. The zero-order valence-corrected chi connectivity index (χ0v) is 6.46. The summed E-state index contributed by atoms with van der Waals surface area (Å²) in [7, 11) is 1.34. The van der Waals surface area contributed by atoms with E-state index in [1.165, 1.54) is 7.11 Å². The Morgan fingerprint density at radius 1 is 1.58 bits per heavy atom. The van der Waals surface area contributed by atoms with Gasteiger partial charge in [-0.3, -0.25) is 0 Å². The third-order valence-corrected chi connectivity index (χ3v) is 1.72. The second kappa shape index (κ2) is 2.41. The molecule has 1 aliphatic heterocycles. The molecule has 62 valence electrons. The first-order valence-electron chi connectivity index (χ1n) is 3.46. The fourth-order valence-corrected chi connectivity index (χ4v) is 1.13. The molecule has 1 N–H and O–H groups in total. The number of carbonyl (C=O) groups is 1. The van der Waals surface area contributed by atoms with Crippen molar-refractivity contribution in [3.8, 4) is 11.3 Å². The Labute approximate surface area is 68.4 Å². The molecule has 0 saturated carbocycles. The zero-order valence-electron chi connectivity index (χ0n) is 6.46. The van der Waals surface area contributed by atoms with Crippen LogP contribution in [0, 0.1) is 0 Å². The second-order valence-electron chi connectivity index (χ2n) is 2.39. The molecule has 0 amide bonds. The number of fused-ring (bicyclic) bond motifs is 1. The summed E-state index contributed by atoms with van der Waals surface area (Å²) < 4.78 is 9.55.